The number of carbonyl (C=O) groups excluding carboxylic acids is 4. The van der Waals surface area contributed by atoms with E-state index in [1.54, 1.807) is 0 Å². The zero-order chi connectivity index (χ0) is 29.5. The number of nitrogens with two attached hydrogens (primary N) is 4. The first-order chi connectivity index (χ1) is 18.3. The van der Waals surface area contributed by atoms with E-state index in [1.807, 2.05) is 0 Å². The van der Waals surface area contributed by atoms with Crippen LogP contribution < -0.4 is 38.9 Å². The number of amides is 4. The molecule has 0 aromatic carbocycles. The Balaban J connectivity index is 3.02. The molecule has 0 bridgehead atoms. The number of nitrogens with zero attached hydrogens (tertiary/aromatic N) is 2. The fourth-order valence-electron chi connectivity index (χ4n) is 3.23. The smallest absolute Gasteiger partial charge is 0.326 e. The molecule has 0 fully saturated rings. The molecule has 1 aromatic rings. The average molecular weight is 555 g/mol. The molecule has 0 radical (unpaired) electrons. The van der Waals surface area contributed by atoms with E-state index >= 15 is 0 Å². The van der Waals surface area contributed by atoms with E-state index in [1.165, 1.54) is 12.5 Å². The number of nitrogens with one attached hydrogen (secondary N) is 4. The minimum atomic E-state index is -1.59. The number of carboxylic acids is 2. The number of aromatic amines is 1. The third kappa shape index (κ3) is 12.9. The van der Waals surface area contributed by atoms with Crippen molar-refractivity contribution >= 4 is 41.5 Å². The zero-order valence-corrected chi connectivity index (χ0v) is 21.0. The second kappa shape index (κ2) is 16.2. The van der Waals surface area contributed by atoms with Crippen LogP contribution in [0.3, 0.4) is 0 Å². The first-order valence-electron chi connectivity index (χ1n) is 11.7. The fraction of sp³-hybridized carbons (Fsp3) is 0.524. The zero-order valence-electron chi connectivity index (χ0n) is 21.0. The van der Waals surface area contributed by atoms with E-state index in [-0.39, 0.29) is 44.6 Å². The van der Waals surface area contributed by atoms with E-state index in [9.17, 15) is 33.9 Å². The third-order valence-corrected chi connectivity index (χ3v) is 5.22. The molecule has 4 unspecified atom stereocenters. The van der Waals surface area contributed by atoms with E-state index in [2.05, 4.69) is 30.9 Å². The number of aliphatic imine (C=N–C) groups is 1. The van der Waals surface area contributed by atoms with Gasteiger partial charge >= 0.3 is 11.9 Å². The molecule has 0 aliphatic carbocycles. The lowest BCUT2D eigenvalue weighted by Gasteiger charge is -2.24. The lowest BCUT2D eigenvalue weighted by molar-refractivity contribution is -0.142. The first-order valence-corrected chi connectivity index (χ1v) is 11.7. The minimum Gasteiger partial charge on any atom is -0.481 e. The predicted octanol–water partition coefficient (Wildman–Crippen LogP) is -4.39. The number of guanidine groups is 1. The third-order valence-electron chi connectivity index (χ3n) is 5.22. The van der Waals surface area contributed by atoms with Crippen molar-refractivity contribution in [1.82, 2.24) is 25.9 Å². The highest BCUT2D eigenvalue weighted by Gasteiger charge is 2.31. The summed E-state index contributed by atoms with van der Waals surface area (Å²) in [4.78, 5) is 82.7. The highest BCUT2D eigenvalue weighted by molar-refractivity contribution is 5.96. The van der Waals surface area contributed by atoms with Crippen molar-refractivity contribution in [3.8, 4) is 0 Å². The van der Waals surface area contributed by atoms with Crippen LogP contribution in [-0.2, 0) is 35.2 Å². The maximum Gasteiger partial charge on any atom is 0.326 e. The maximum absolute atomic E-state index is 13.1. The van der Waals surface area contributed by atoms with Gasteiger partial charge in [-0.2, -0.15) is 0 Å². The van der Waals surface area contributed by atoms with Crippen LogP contribution in [0.15, 0.2) is 17.5 Å². The molecule has 4 amide bonds. The number of rotatable bonds is 18. The Kier molecular flexibility index (Phi) is 13.4. The molecule has 18 nitrogen and oxygen atoms in total. The van der Waals surface area contributed by atoms with Crippen molar-refractivity contribution in [3.63, 3.8) is 0 Å². The van der Waals surface area contributed by atoms with Gasteiger partial charge in [0.2, 0.25) is 23.6 Å². The Hall–Kier alpha value is -4.74. The van der Waals surface area contributed by atoms with Crippen molar-refractivity contribution in [2.75, 3.05) is 6.54 Å². The largest absolute Gasteiger partial charge is 0.481 e. The Bertz CT molecular complexity index is 1040. The molecular weight excluding hydrogens is 520 g/mol. The number of H-pyrrole nitrogens is 1. The number of hydrogen-bond acceptors (Lipinski definition) is 9. The predicted molar refractivity (Wildman–Crippen MR) is 134 cm³/mol. The second-order valence-corrected chi connectivity index (χ2v) is 8.46. The Labute approximate surface area is 222 Å². The molecule has 0 saturated carbocycles. The second-order valence-electron chi connectivity index (χ2n) is 8.46. The molecule has 216 valence electrons. The summed E-state index contributed by atoms with van der Waals surface area (Å²) in [7, 11) is 0. The summed E-state index contributed by atoms with van der Waals surface area (Å²) in [6.45, 7) is 0.0894. The quantitative estimate of drug-likeness (QED) is 0.0467. The van der Waals surface area contributed by atoms with Crippen LogP contribution in [0.25, 0.3) is 0 Å². The summed E-state index contributed by atoms with van der Waals surface area (Å²) in [5.41, 5.74) is 21.9. The molecular formula is C21H34N10O8. The van der Waals surface area contributed by atoms with Gasteiger partial charge in [0.25, 0.3) is 0 Å². The molecule has 0 saturated heterocycles. The molecule has 18 heteroatoms. The average Bonchev–Trinajstić information content (AvgIpc) is 3.35. The molecule has 1 heterocycles. The summed E-state index contributed by atoms with van der Waals surface area (Å²) in [5, 5.41) is 25.2. The van der Waals surface area contributed by atoms with Crippen LogP contribution >= 0.6 is 0 Å². The van der Waals surface area contributed by atoms with Crippen LogP contribution in [0.5, 0.6) is 0 Å². The van der Waals surface area contributed by atoms with Gasteiger partial charge in [-0.1, -0.05) is 0 Å². The van der Waals surface area contributed by atoms with Crippen LogP contribution in [0.1, 0.15) is 37.8 Å². The van der Waals surface area contributed by atoms with Crippen LogP contribution in [-0.4, -0.2) is 92.4 Å². The summed E-state index contributed by atoms with van der Waals surface area (Å²) in [5.74, 6) is -6.49. The monoisotopic (exact) mass is 554 g/mol. The Morgan fingerprint density at radius 2 is 1.54 bits per heavy atom. The number of imidazole rings is 1. The van der Waals surface area contributed by atoms with Crippen molar-refractivity contribution in [1.29, 1.82) is 0 Å². The lowest BCUT2D eigenvalue weighted by atomic mass is 10.1. The lowest BCUT2D eigenvalue weighted by Crippen LogP contribution is -2.58. The standard InChI is InChI=1S/C21H34N10O8/c22-11(3-4-16(33)34)17(35)29-12(2-1-5-27-21(24)25)18(36)30-13(7-15(23)32)19(37)31-14(20(38)39)6-10-8-26-9-28-10/h8-9,11-14H,1-7,22H2,(H2,23,32)(H,26,28)(H,29,35)(H,30,36)(H,31,37)(H,33,34)(H,38,39)(H4,24,25,27). The van der Waals surface area contributed by atoms with Gasteiger partial charge < -0.3 is 54.1 Å². The Morgan fingerprint density at radius 1 is 0.923 bits per heavy atom. The van der Waals surface area contributed by atoms with Crippen LogP contribution in [0.4, 0.5) is 0 Å². The number of aliphatic carboxylic acids is 2. The summed E-state index contributed by atoms with van der Waals surface area (Å²) >= 11 is 0. The van der Waals surface area contributed by atoms with E-state index < -0.39 is 66.2 Å². The van der Waals surface area contributed by atoms with Gasteiger partial charge in [-0.3, -0.25) is 29.0 Å². The van der Waals surface area contributed by atoms with E-state index in [4.69, 9.17) is 28.0 Å². The van der Waals surface area contributed by atoms with Gasteiger partial charge in [-0.25, -0.2) is 9.78 Å². The van der Waals surface area contributed by atoms with Gasteiger partial charge in [-0.05, 0) is 19.3 Å². The number of primary amides is 1. The minimum absolute atomic E-state index is 0.0392. The molecule has 39 heavy (non-hydrogen) atoms. The number of aromatic nitrogens is 2. The highest BCUT2D eigenvalue weighted by Crippen LogP contribution is 2.05. The molecule has 14 N–H and O–H groups in total. The molecule has 4 atom stereocenters. The van der Waals surface area contributed by atoms with Gasteiger partial charge in [0.15, 0.2) is 5.96 Å². The summed E-state index contributed by atoms with van der Waals surface area (Å²) in [6, 6.07) is -5.58. The Morgan fingerprint density at radius 3 is 2.08 bits per heavy atom. The van der Waals surface area contributed by atoms with Gasteiger partial charge in [0, 0.05) is 31.3 Å². The number of hydrogen-bond donors (Lipinski definition) is 10. The van der Waals surface area contributed by atoms with Gasteiger partial charge in [0.1, 0.15) is 18.1 Å². The summed E-state index contributed by atoms with van der Waals surface area (Å²) < 4.78 is 0. The maximum atomic E-state index is 13.1. The van der Waals surface area contributed by atoms with Crippen LogP contribution in [0.2, 0.25) is 0 Å². The normalized spacial score (nSPS) is 13.7. The molecule has 0 aliphatic rings. The summed E-state index contributed by atoms with van der Waals surface area (Å²) in [6.07, 6.45) is 1.39. The van der Waals surface area contributed by atoms with Crippen molar-refractivity contribution in [3.05, 3.63) is 18.2 Å². The van der Waals surface area contributed by atoms with E-state index in [0.29, 0.717) is 5.69 Å². The van der Waals surface area contributed by atoms with Gasteiger partial charge in [-0.15, -0.1) is 0 Å². The first kappa shape index (κ1) is 32.3. The van der Waals surface area contributed by atoms with Crippen molar-refractivity contribution < 1.29 is 39.0 Å². The molecule has 1 aromatic heterocycles. The van der Waals surface area contributed by atoms with Crippen molar-refractivity contribution in [2.24, 2.45) is 27.9 Å². The van der Waals surface area contributed by atoms with Gasteiger partial charge in [0.05, 0.1) is 18.8 Å². The number of carboxylic acid groups (broad SMARTS) is 2. The highest BCUT2D eigenvalue weighted by atomic mass is 16.4. The SMILES string of the molecule is NC(=O)CC(NC(=O)C(CCCN=C(N)N)NC(=O)C(N)CCC(=O)O)C(=O)NC(Cc1cnc[nH]1)C(=O)O. The fourth-order valence-corrected chi connectivity index (χ4v) is 3.23. The molecule has 0 spiro atoms. The molecule has 0 aliphatic heterocycles. The van der Waals surface area contributed by atoms with Crippen LogP contribution in [0, 0.1) is 0 Å². The topological polar surface area (TPSA) is 324 Å². The van der Waals surface area contributed by atoms with E-state index in [0.717, 1.165) is 0 Å². The number of carbonyl (C=O) groups is 6. The molecule has 1 rings (SSSR count). The van der Waals surface area contributed by atoms with Crippen molar-refractivity contribution in [2.45, 2.75) is 62.7 Å².